The Bertz CT molecular complexity index is 1510. The number of aromatic amines is 1. The number of pyridine rings is 1. The van der Waals surface area contributed by atoms with Crippen molar-refractivity contribution in [1.29, 1.82) is 0 Å². The molecule has 0 fully saturated rings. The lowest BCUT2D eigenvalue weighted by Gasteiger charge is -2.27. The number of aromatic nitrogens is 3. The number of rotatable bonds is 5. The van der Waals surface area contributed by atoms with Crippen LogP contribution >= 0.6 is 0 Å². The summed E-state index contributed by atoms with van der Waals surface area (Å²) in [5.41, 5.74) is 2.47. The molecule has 1 aliphatic rings. The molecule has 0 aliphatic carbocycles. The Labute approximate surface area is 217 Å². The Kier molecular flexibility index (Phi) is 6.89. The Hall–Kier alpha value is -4.19. The molecule has 5 rings (SSSR count). The molecule has 2 aromatic heterocycles. The molecule has 12 heteroatoms. The molecule has 0 radical (unpaired) electrons. The number of benzene rings is 2. The maximum Gasteiger partial charge on any atom is 0.573 e. The van der Waals surface area contributed by atoms with Gasteiger partial charge < -0.3 is 9.72 Å². The molecule has 1 aliphatic heterocycles. The van der Waals surface area contributed by atoms with E-state index in [-0.39, 0.29) is 17.1 Å². The summed E-state index contributed by atoms with van der Waals surface area (Å²) in [6.07, 6.45) is -7.05. The predicted molar refractivity (Wildman–Crippen MR) is 129 cm³/mol. The number of fused-ring (bicyclic) bond motifs is 1. The second kappa shape index (κ2) is 10.2. The first-order valence-electron chi connectivity index (χ1n) is 11.8. The SMILES string of the molecule is O=c1[nH]c(-c2ccc(C(F)(F)F)cc2)nc2c1CN(Cc1ccc(-c3ccc(OC(F)(F)F)cc3)nc1)CC2. The number of ether oxygens (including phenoxy) is 1. The monoisotopic (exact) mass is 546 g/mol. The van der Waals surface area contributed by atoms with Crippen molar-refractivity contribution in [3.05, 3.63) is 99.6 Å². The summed E-state index contributed by atoms with van der Waals surface area (Å²) < 4.78 is 79.4. The maximum atomic E-state index is 12.8. The summed E-state index contributed by atoms with van der Waals surface area (Å²) in [6.45, 7) is 1.46. The molecular formula is C27H20F6N4O2. The van der Waals surface area contributed by atoms with Crippen LogP contribution in [0.1, 0.15) is 22.4 Å². The van der Waals surface area contributed by atoms with Crippen LogP contribution in [0.25, 0.3) is 22.6 Å². The fourth-order valence-electron chi connectivity index (χ4n) is 4.34. The van der Waals surface area contributed by atoms with Crippen LogP contribution in [-0.2, 0) is 25.7 Å². The minimum absolute atomic E-state index is 0.221. The van der Waals surface area contributed by atoms with Crippen LogP contribution in [-0.4, -0.2) is 32.8 Å². The summed E-state index contributed by atoms with van der Waals surface area (Å²) in [5.74, 6) is -0.0945. The van der Waals surface area contributed by atoms with Crippen molar-refractivity contribution in [2.45, 2.75) is 32.0 Å². The van der Waals surface area contributed by atoms with Gasteiger partial charge in [-0.3, -0.25) is 14.7 Å². The van der Waals surface area contributed by atoms with Gasteiger partial charge in [0.25, 0.3) is 5.56 Å². The molecule has 6 nitrogen and oxygen atoms in total. The molecule has 0 bridgehead atoms. The van der Waals surface area contributed by atoms with Gasteiger partial charge in [-0.15, -0.1) is 13.2 Å². The molecule has 39 heavy (non-hydrogen) atoms. The first kappa shape index (κ1) is 26.4. The van der Waals surface area contributed by atoms with E-state index in [1.165, 1.54) is 36.4 Å². The first-order chi connectivity index (χ1) is 18.4. The first-order valence-corrected chi connectivity index (χ1v) is 11.8. The van der Waals surface area contributed by atoms with E-state index in [9.17, 15) is 31.1 Å². The third-order valence-corrected chi connectivity index (χ3v) is 6.25. The van der Waals surface area contributed by atoms with E-state index >= 15 is 0 Å². The van der Waals surface area contributed by atoms with Crippen LogP contribution in [0.2, 0.25) is 0 Å². The van der Waals surface area contributed by atoms with Crippen LogP contribution in [0.3, 0.4) is 0 Å². The number of nitrogens with one attached hydrogen (secondary N) is 1. The van der Waals surface area contributed by atoms with Crippen LogP contribution in [0, 0.1) is 0 Å². The topological polar surface area (TPSA) is 71.1 Å². The molecule has 0 amide bonds. The summed E-state index contributed by atoms with van der Waals surface area (Å²) >= 11 is 0. The third-order valence-electron chi connectivity index (χ3n) is 6.25. The highest BCUT2D eigenvalue weighted by Crippen LogP contribution is 2.31. The van der Waals surface area contributed by atoms with Gasteiger partial charge in [-0.2, -0.15) is 13.2 Å². The zero-order chi connectivity index (χ0) is 27.8. The second-order valence-electron chi connectivity index (χ2n) is 9.00. The molecule has 1 N–H and O–H groups in total. The minimum atomic E-state index is -4.76. The molecule has 0 atom stereocenters. The number of nitrogens with zero attached hydrogens (tertiary/aromatic N) is 3. The molecule has 3 heterocycles. The molecule has 4 aromatic rings. The molecule has 0 saturated heterocycles. The van der Waals surface area contributed by atoms with E-state index in [0.717, 1.165) is 17.7 Å². The van der Waals surface area contributed by atoms with Gasteiger partial charge in [-0.25, -0.2) is 4.98 Å². The highest BCUT2D eigenvalue weighted by Gasteiger charge is 2.31. The lowest BCUT2D eigenvalue weighted by atomic mass is 10.0. The van der Waals surface area contributed by atoms with Gasteiger partial charge in [0.1, 0.15) is 11.6 Å². The van der Waals surface area contributed by atoms with Gasteiger partial charge in [-0.1, -0.05) is 18.2 Å². The van der Waals surface area contributed by atoms with Crippen LogP contribution in [0.15, 0.2) is 71.7 Å². The van der Waals surface area contributed by atoms with Crippen molar-refractivity contribution >= 4 is 0 Å². The van der Waals surface area contributed by atoms with E-state index in [1.54, 1.807) is 12.3 Å². The fraction of sp³-hybridized carbons (Fsp3) is 0.222. The van der Waals surface area contributed by atoms with E-state index in [1.807, 2.05) is 6.07 Å². The summed E-state index contributed by atoms with van der Waals surface area (Å²) in [6, 6.07) is 13.5. The fourth-order valence-corrected chi connectivity index (χ4v) is 4.34. The Morgan fingerprint density at radius 2 is 1.59 bits per heavy atom. The van der Waals surface area contributed by atoms with E-state index in [4.69, 9.17) is 0 Å². The third kappa shape index (κ3) is 6.28. The molecule has 0 spiro atoms. The second-order valence-corrected chi connectivity index (χ2v) is 9.00. The van der Waals surface area contributed by atoms with Crippen LogP contribution in [0.5, 0.6) is 5.75 Å². The number of hydrogen-bond donors (Lipinski definition) is 1. The zero-order valence-electron chi connectivity index (χ0n) is 20.1. The van der Waals surface area contributed by atoms with Gasteiger partial charge in [-0.05, 0) is 48.0 Å². The van der Waals surface area contributed by atoms with Gasteiger partial charge in [0.2, 0.25) is 0 Å². The summed E-state index contributed by atoms with van der Waals surface area (Å²) in [7, 11) is 0. The summed E-state index contributed by atoms with van der Waals surface area (Å²) in [4.78, 5) is 26.4. The number of H-pyrrole nitrogens is 1. The average molecular weight is 546 g/mol. The van der Waals surface area contributed by atoms with Crippen molar-refractivity contribution in [2.75, 3.05) is 6.54 Å². The molecule has 0 saturated carbocycles. The summed E-state index contributed by atoms with van der Waals surface area (Å²) in [5, 5.41) is 0. The van der Waals surface area contributed by atoms with Crippen molar-refractivity contribution in [1.82, 2.24) is 19.9 Å². The van der Waals surface area contributed by atoms with Crippen LogP contribution in [0.4, 0.5) is 26.3 Å². The number of hydrogen-bond acceptors (Lipinski definition) is 5. The van der Waals surface area contributed by atoms with E-state index in [0.29, 0.717) is 54.1 Å². The lowest BCUT2D eigenvalue weighted by Crippen LogP contribution is -2.35. The van der Waals surface area contributed by atoms with Gasteiger partial charge in [0.15, 0.2) is 0 Å². The Morgan fingerprint density at radius 1 is 0.897 bits per heavy atom. The van der Waals surface area contributed by atoms with Crippen molar-refractivity contribution in [3.8, 4) is 28.4 Å². The van der Waals surface area contributed by atoms with Crippen LogP contribution < -0.4 is 10.3 Å². The number of halogens is 6. The molecule has 0 unspecified atom stereocenters. The van der Waals surface area contributed by atoms with Crippen molar-refractivity contribution in [3.63, 3.8) is 0 Å². The highest BCUT2D eigenvalue weighted by molar-refractivity contribution is 5.60. The molecular weight excluding hydrogens is 526 g/mol. The Morgan fingerprint density at radius 3 is 2.21 bits per heavy atom. The largest absolute Gasteiger partial charge is 0.573 e. The standard InChI is InChI=1S/C27H20F6N4O2/c28-26(29,30)19-6-2-18(3-7-19)24-35-23-11-12-37(15-21(23)25(38)36-24)14-16-1-10-22(34-13-16)17-4-8-20(9-5-17)39-27(31,32)33/h1-10,13H,11-12,14-15H2,(H,35,36,38). The number of alkyl halides is 6. The lowest BCUT2D eigenvalue weighted by molar-refractivity contribution is -0.274. The average Bonchev–Trinajstić information content (AvgIpc) is 2.89. The van der Waals surface area contributed by atoms with Gasteiger partial charge >= 0.3 is 12.5 Å². The molecule has 202 valence electrons. The predicted octanol–water partition coefficient (Wildman–Crippen LogP) is 5.97. The van der Waals surface area contributed by atoms with Crippen molar-refractivity contribution < 1.29 is 31.1 Å². The Balaban J connectivity index is 1.25. The quantitative estimate of drug-likeness (QED) is 0.312. The zero-order valence-corrected chi connectivity index (χ0v) is 20.1. The maximum absolute atomic E-state index is 12.8. The van der Waals surface area contributed by atoms with Crippen molar-refractivity contribution in [2.24, 2.45) is 0 Å². The van der Waals surface area contributed by atoms with E-state index in [2.05, 4.69) is 24.6 Å². The van der Waals surface area contributed by atoms with E-state index < -0.39 is 18.1 Å². The highest BCUT2D eigenvalue weighted by atomic mass is 19.4. The molecule has 2 aromatic carbocycles. The minimum Gasteiger partial charge on any atom is -0.406 e. The smallest absolute Gasteiger partial charge is 0.406 e. The van der Waals surface area contributed by atoms with Gasteiger partial charge in [0.05, 0.1) is 22.5 Å². The normalized spacial score (nSPS) is 14.2. The van der Waals surface area contributed by atoms with Gasteiger partial charge in [0, 0.05) is 43.4 Å².